The van der Waals surface area contributed by atoms with E-state index < -0.39 is 0 Å². The average molecular weight is 362 g/mol. The molecule has 5 rings (SSSR count). The van der Waals surface area contributed by atoms with Gasteiger partial charge in [0.25, 0.3) is 0 Å². The SMILES string of the molecule is N#Cc1cncc(-c2ccc(-c3ccc4sc5ccccc5c4c3)cc2)c1. The van der Waals surface area contributed by atoms with Crippen LogP contribution in [0.2, 0.25) is 0 Å². The van der Waals surface area contributed by atoms with Crippen LogP contribution in [0, 0.1) is 11.3 Å². The van der Waals surface area contributed by atoms with E-state index in [1.54, 1.807) is 12.4 Å². The highest BCUT2D eigenvalue weighted by Gasteiger charge is 2.07. The molecule has 0 bridgehead atoms. The second-order valence-electron chi connectivity index (χ2n) is 6.46. The van der Waals surface area contributed by atoms with Gasteiger partial charge in [-0.2, -0.15) is 5.26 Å². The van der Waals surface area contributed by atoms with Crippen LogP contribution in [0.25, 0.3) is 42.4 Å². The molecule has 0 aliphatic rings. The van der Waals surface area contributed by atoms with Crippen LogP contribution in [0.3, 0.4) is 0 Å². The Balaban J connectivity index is 1.56. The van der Waals surface area contributed by atoms with Crippen molar-refractivity contribution in [3.63, 3.8) is 0 Å². The van der Waals surface area contributed by atoms with E-state index in [0.717, 1.165) is 11.1 Å². The number of pyridine rings is 1. The normalized spacial score (nSPS) is 10.9. The van der Waals surface area contributed by atoms with E-state index in [9.17, 15) is 0 Å². The van der Waals surface area contributed by atoms with Gasteiger partial charge in [-0.3, -0.25) is 4.98 Å². The minimum absolute atomic E-state index is 0.575. The van der Waals surface area contributed by atoms with Crippen LogP contribution in [0.15, 0.2) is 85.2 Å². The lowest BCUT2D eigenvalue weighted by Gasteiger charge is -2.06. The second kappa shape index (κ2) is 6.35. The molecule has 2 nitrogen and oxygen atoms in total. The first-order valence-electron chi connectivity index (χ1n) is 8.69. The number of hydrogen-bond acceptors (Lipinski definition) is 3. The Morgan fingerprint density at radius 1 is 0.667 bits per heavy atom. The molecule has 0 saturated carbocycles. The number of hydrogen-bond donors (Lipinski definition) is 0. The first kappa shape index (κ1) is 15.7. The van der Waals surface area contributed by atoms with Gasteiger partial charge in [0.2, 0.25) is 0 Å². The van der Waals surface area contributed by atoms with Gasteiger partial charge in [0.05, 0.1) is 5.56 Å². The molecule has 0 aliphatic carbocycles. The van der Waals surface area contributed by atoms with Crippen molar-refractivity contribution in [2.24, 2.45) is 0 Å². The molecule has 0 unspecified atom stereocenters. The van der Waals surface area contributed by atoms with Crippen molar-refractivity contribution >= 4 is 31.5 Å². The van der Waals surface area contributed by atoms with Crippen molar-refractivity contribution in [2.45, 2.75) is 0 Å². The summed E-state index contributed by atoms with van der Waals surface area (Å²) in [5, 5.41) is 11.7. The second-order valence-corrected chi connectivity index (χ2v) is 7.54. The molecule has 3 aromatic carbocycles. The molecular weight excluding hydrogens is 348 g/mol. The quantitative estimate of drug-likeness (QED) is 0.352. The highest BCUT2D eigenvalue weighted by Crippen LogP contribution is 2.36. The van der Waals surface area contributed by atoms with Gasteiger partial charge in [-0.05, 0) is 41.0 Å². The van der Waals surface area contributed by atoms with Gasteiger partial charge in [0, 0.05) is 38.1 Å². The molecule has 0 atom stereocenters. The number of aromatic nitrogens is 1. The summed E-state index contributed by atoms with van der Waals surface area (Å²) in [5.41, 5.74) is 4.98. The van der Waals surface area contributed by atoms with Gasteiger partial charge >= 0.3 is 0 Å². The van der Waals surface area contributed by atoms with Gasteiger partial charge < -0.3 is 0 Å². The van der Waals surface area contributed by atoms with Crippen molar-refractivity contribution in [1.82, 2.24) is 4.98 Å². The van der Waals surface area contributed by atoms with Crippen molar-refractivity contribution in [1.29, 1.82) is 5.26 Å². The van der Waals surface area contributed by atoms with Crippen molar-refractivity contribution in [3.8, 4) is 28.3 Å². The smallest absolute Gasteiger partial charge is 0.101 e. The lowest BCUT2D eigenvalue weighted by atomic mass is 9.99. The molecule has 126 valence electrons. The van der Waals surface area contributed by atoms with E-state index in [2.05, 4.69) is 77.8 Å². The lowest BCUT2D eigenvalue weighted by molar-refractivity contribution is 1.30. The Morgan fingerprint density at radius 2 is 1.37 bits per heavy atom. The monoisotopic (exact) mass is 362 g/mol. The summed E-state index contributed by atoms with van der Waals surface area (Å²) in [7, 11) is 0. The largest absolute Gasteiger partial charge is 0.263 e. The summed E-state index contributed by atoms with van der Waals surface area (Å²) in [4.78, 5) is 4.15. The molecule has 0 spiro atoms. The summed E-state index contributed by atoms with van der Waals surface area (Å²) in [5.74, 6) is 0. The predicted molar refractivity (Wildman–Crippen MR) is 113 cm³/mol. The van der Waals surface area contributed by atoms with Crippen LogP contribution in [0.5, 0.6) is 0 Å². The van der Waals surface area contributed by atoms with Gasteiger partial charge in [-0.1, -0.05) is 48.5 Å². The molecule has 2 heterocycles. The zero-order valence-corrected chi connectivity index (χ0v) is 15.2. The molecule has 0 N–H and O–H groups in total. The third kappa shape index (κ3) is 2.77. The number of nitriles is 1. The number of nitrogens with zero attached hydrogens (tertiary/aromatic N) is 2. The van der Waals surface area contributed by atoms with E-state index in [-0.39, 0.29) is 0 Å². The summed E-state index contributed by atoms with van der Waals surface area (Å²) < 4.78 is 2.64. The number of fused-ring (bicyclic) bond motifs is 3. The third-order valence-corrected chi connectivity index (χ3v) is 5.95. The molecule has 0 radical (unpaired) electrons. The standard InChI is InChI=1S/C24H14N2S/c25-13-16-11-20(15-26-14-16)18-7-5-17(6-8-18)19-9-10-24-22(12-19)21-3-1-2-4-23(21)27-24/h1-12,14-15H. The maximum absolute atomic E-state index is 9.06. The molecule has 2 aromatic heterocycles. The molecule has 0 amide bonds. The van der Waals surface area contributed by atoms with Crippen molar-refractivity contribution in [2.75, 3.05) is 0 Å². The van der Waals surface area contributed by atoms with Gasteiger partial charge in [-0.15, -0.1) is 11.3 Å². The minimum Gasteiger partial charge on any atom is -0.263 e. The Kier molecular flexibility index (Phi) is 3.71. The Hall–Kier alpha value is -3.48. The maximum Gasteiger partial charge on any atom is 0.101 e. The summed E-state index contributed by atoms with van der Waals surface area (Å²) in [6.45, 7) is 0. The molecule has 0 aliphatic heterocycles. The van der Waals surface area contributed by atoms with E-state index >= 15 is 0 Å². The van der Waals surface area contributed by atoms with Crippen molar-refractivity contribution in [3.05, 3.63) is 90.8 Å². The number of thiophene rings is 1. The first-order valence-corrected chi connectivity index (χ1v) is 9.51. The molecule has 0 saturated heterocycles. The molecular formula is C24H14N2S. The van der Waals surface area contributed by atoms with Gasteiger partial charge in [0.1, 0.15) is 6.07 Å². The fourth-order valence-corrected chi connectivity index (χ4v) is 4.51. The maximum atomic E-state index is 9.06. The van der Waals surface area contributed by atoms with E-state index in [0.29, 0.717) is 5.56 Å². The summed E-state index contributed by atoms with van der Waals surface area (Å²) in [6, 6.07) is 27.7. The van der Waals surface area contributed by atoms with E-state index in [4.69, 9.17) is 5.26 Å². The Bertz CT molecular complexity index is 1320. The van der Waals surface area contributed by atoms with Gasteiger partial charge in [0.15, 0.2) is 0 Å². The van der Waals surface area contributed by atoms with Crippen molar-refractivity contribution < 1.29 is 0 Å². The molecule has 0 fully saturated rings. The zero-order valence-electron chi connectivity index (χ0n) is 14.4. The summed E-state index contributed by atoms with van der Waals surface area (Å²) >= 11 is 1.84. The van der Waals surface area contributed by atoms with Crippen LogP contribution in [0.4, 0.5) is 0 Å². The summed E-state index contributed by atoms with van der Waals surface area (Å²) in [6.07, 6.45) is 3.37. The third-order valence-electron chi connectivity index (χ3n) is 4.80. The minimum atomic E-state index is 0.575. The fraction of sp³-hybridized carbons (Fsp3) is 0. The highest BCUT2D eigenvalue weighted by molar-refractivity contribution is 7.25. The molecule has 5 aromatic rings. The van der Waals surface area contributed by atoms with E-state index in [1.807, 2.05) is 17.4 Å². The Morgan fingerprint density at radius 3 is 2.19 bits per heavy atom. The van der Waals surface area contributed by atoms with E-state index in [1.165, 1.54) is 31.3 Å². The molecule has 3 heteroatoms. The zero-order chi connectivity index (χ0) is 18.2. The number of benzene rings is 3. The molecule has 27 heavy (non-hydrogen) atoms. The van der Waals surface area contributed by atoms with Crippen LogP contribution in [-0.2, 0) is 0 Å². The highest BCUT2D eigenvalue weighted by atomic mass is 32.1. The van der Waals surface area contributed by atoms with Crippen LogP contribution >= 0.6 is 11.3 Å². The van der Waals surface area contributed by atoms with Gasteiger partial charge in [-0.25, -0.2) is 0 Å². The number of rotatable bonds is 2. The van der Waals surface area contributed by atoms with Crippen LogP contribution < -0.4 is 0 Å². The first-order chi connectivity index (χ1) is 13.3. The van der Waals surface area contributed by atoms with Crippen LogP contribution in [-0.4, -0.2) is 4.98 Å². The fourth-order valence-electron chi connectivity index (χ4n) is 3.42. The Labute approximate surface area is 161 Å². The average Bonchev–Trinajstić information content (AvgIpc) is 3.12. The van der Waals surface area contributed by atoms with Crippen LogP contribution in [0.1, 0.15) is 5.56 Å². The predicted octanol–water partition coefficient (Wildman–Crippen LogP) is 6.66. The topological polar surface area (TPSA) is 36.7 Å². The lowest BCUT2D eigenvalue weighted by Crippen LogP contribution is -1.84.